The first-order valence-electron chi connectivity index (χ1n) is 10.9. The van der Waals surface area contributed by atoms with E-state index in [4.69, 9.17) is 15.5 Å². The number of rotatable bonds is 11. The molecule has 2 N–H and O–H groups in total. The molecule has 158 valence electrons. The maximum Gasteiger partial charge on any atom is 0.128 e. The lowest BCUT2D eigenvalue weighted by molar-refractivity contribution is 0.414. The SMILES string of the molecule is COc1ccc(CCCc2nccc(-c3cccc(C(C)CCCCN)c3)n2)cc1. The van der Waals surface area contributed by atoms with Gasteiger partial charge in [-0.25, -0.2) is 9.97 Å². The normalized spacial score (nSPS) is 12.0. The average Bonchev–Trinajstić information content (AvgIpc) is 2.80. The number of hydrogen-bond acceptors (Lipinski definition) is 4. The molecule has 0 saturated carbocycles. The van der Waals surface area contributed by atoms with Crippen LogP contribution in [-0.4, -0.2) is 23.6 Å². The monoisotopic (exact) mass is 403 g/mol. The summed E-state index contributed by atoms with van der Waals surface area (Å²) in [6, 6.07) is 19.0. The van der Waals surface area contributed by atoms with Gasteiger partial charge in [0.2, 0.25) is 0 Å². The second-order valence-corrected chi connectivity index (χ2v) is 7.87. The Bertz CT molecular complexity index is 908. The van der Waals surface area contributed by atoms with Crippen molar-refractivity contribution >= 4 is 0 Å². The second kappa shape index (κ2) is 11.5. The molecule has 4 heteroatoms. The van der Waals surface area contributed by atoms with E-state index in [1.165, 1.54) is 24.0 Å². The molecular weight excluding hydrogens is 370 g/mol. The van der Waals surface area contributed by atoms with E-state index in [-0.39, 0.29) is 0 Å². The highest BCUT2D eigenvalue weighted by Gasteiger charge is 2.08. The Morgan fingerprint density at radius 3 is 2.57 bits per heavy atom. The molecule has 0 bridgehead atoms. The fourth-order valence-electron chi connectivity index (χ4n) is 3.69. The first kappa shape index (κ1) is 22.0. The fourth-order valence-corrected chi connectivity index (χ4v) is 3.69. The molecule has 3 rings (SSSR count). The smallest absolute Gasteiger partial charge is 0.128 e. The topological polar surface area (TPSA) is 61.0 Å². The number of benzene rings is 2. The highest BCUT2D eigenvalue weighted by atomic mass is 16.5. The summed E-state index contributed by atoms with van der Waals surface area (Å²) >= 11 is 0. The summed E-state index contributed by atoms with van der Waals surface area (Å²) in [7, 11) is 1.69. The Morgan fingerprint density at radius 1 is 0.967 bits per heavy atom. The van der Waals surface area contributed by atoms with Crippen LogP contribution in [0.5, 0.6) is 5.75 Å². The molecule has 0 radical (unpaired) electrons. The van der Waals surface area contributed by atoms with Gasteiger partial charge < -0.3 is 10.5 Å². The van der Waals surface area contributed by atoms with E-state index in [1.54, 1.807) is 7.11 Å². The molecule has 30 heavy (non-hydrogen) atoms. The molecule has 0 aliphatic rings. The average molecular weight is 404 g/mol. The predicted molar refractivity (Wildman–Crippen MR) is 124 cm³/mol. The van der Waals surface area contributed by atoms with E-state index in [0.29, 0.717) is 5.92 Å². The van der Waals surface area contributed by atoms with Gasteiger partial charge in [-0.2, -0.15) is 0 Å². The zero-order chi connectivity index (χ0) is 21.2. The highest BCUT2D eigenvalue weighted by Crippen LogP contribution is 2.26. The van der Waals surface area contributed by atoms with Crippen molar-refractivity contribution in [2.75, 3.05) is 13.7 Å². The van der Waals surface area contributed by atoms with E-state index in [2.05, 4.69) is 48.3 Å². The lowest BCUT2D eigenvalue weighted by Gasteiger charge is -2.13. The Labute approximate surface area is 180 Å². The van der Waals surface area contributed by atoms with Gasteiger partial charge in [0.05, 0.1) is 12.8 Å². The molecule has 0 aliphatic heterocycles. The van der Waals surface area contributed by atoms with E-state index in [9.17, 15) is 0 Å². The zero-order valence-electron chi connectivity index (χ0n) is 18.2. The standard InChI is InChI=1S/C26H33N3O/c1-20(7-3-4-17-27)22-9-6-10-23(19-22)25-16-18-28-26(29-25)11-5-8-21-12-14-24(30-2)15-13-21/h6,9-10,12-16,18-20H,3-5,7-8,11,17,27H2,1-2H3. The minimum absolute atomic E-state index is 0.530. The highest BCUT2D eigenvalue weighted by molar-refractivity contribution is 5.59. The van der Waals surface area contributed by atoms with Gasteiger partial charge in [0.15, 0.2) is 0 Å². The van der Waals surface area contributed by atoms with Crippen LogP contribution in [0.4, 0.5) is 0 Å². The van der Waals surface area contributed by atoms with Crippen molar-refractivity contribution in [1.29, 1.82) is 0 Å². The van der Waals surface area contributed by atoms with Gasteiger partial charge in [-0.05, 0) is 73.5 Å². The van der Waals surface area contributed by atoms with Crippen LogP contribution in [0.15, 0.2) is 60.8 Å². The largest absolute Gasteiger partial charge is 0.497 e. The molecule has 1 heterocycles. The number of aromatic nitrogens is 2. The number of aryl methyl sites for hydroxylation is 2. The number of hydrogen-bond donors (Lipinski definition) is 1. The molecule has 0 amide bonds. The third kappa shape index (κ3) is 6.39. The van der Waals surface area contributed by atoms with Gasteiger partial charge in [-0.1, -0.05) is 43.7 Å². The summed E-state index contributed by atoms with van der Waals surface area (Å²) in [6.45, 7) is 3.06. The van der Waals surface area contributed by atoms with Gasteiger partial charge in [0.1, 0.15) is 11.6 Å². The molecule has 0 saturated heterocycles. The van der Waals surface area contributed by atoms with Crippen molar-refractivity contribution in [3.8, 4) is 17.0 Å². The van der Waals surface area contributed by atoms with Crippen LogP contribution in [0, 0.1) is 0 Å². The van der Waals surface area contributed by atoms with Crippen molar-refractivity contribution in [2.24, 2.45) is 5.73 Å². The first-order chi connectivity index (χ1) is 14.7. The van der Waals surface area contributed by atoms with Crippen LogP contribution < -0.4 is 10.5 Å². The van der Waals surface area contributed by atoms with Gasteiger partial charge >= 0.3 is 0 Å². The van der Waals surface area contributed by atoms with Gasteiger partial charge in [0.25, 0.3) is 0 Å². The Balaban J connectivity index is 1.61. The predicted octanol–water partition coefficient (Wildman–Crippen LogP) is 5.56. The minimum Gasteiger partial charge on any atom is -0.497 e. The van der Waals surface area contributed by atoms with E-state index < -0.39 is 0 Å². The lowest BCUT2D eigenvalue weighted by Crippen LogP contribution is -2.01. The zero-order valence-corrected chi connectivity index (χ0v) is 18.2. The van der Waals surface area contributed by atoms with Crippen LogP contribution in [0.2, 0.25) is 0 Å². The lowest BCUT2D eigenvalue weighted by atomic mass is 9.93. The van der Waals surface area contributed by atoms with Crippen molar-refractivity contribution in [3.05, 3.63) is 77.7 Å². The van der Waals surface area contributed by atoms with Crippen LogP contribution in [0.3, 0.4) is 0 Å². The quantitative estimate of drug-likeness (QED) is 0.426. The van der Waals surface area contributed by atoms with E-state index in [1.807, 2.05) is 24.4 Å². The fraction of sp³-hybridized carbons (Fsp3) is 0.385. The minimum atomic E-state index is 0.530. The summed E-state index contributed by atoms with van der Waals surface area (Å²) in [5.74, 6) is 2.33. The summed E-state index contributed by atoms with van der Waals surface area (Å²) in [5.41, 5.74) is 10.5. The van der Waals surface area contributed by atoms with Crippen molar-refractivity contribution in [1.82, 2.24) is 9.97 Å². The molecule has 0 aliphatic carbocycles. The number of nitrogens with two attached hydrogens (primary N) is 1. The molecule has 4 nitrogen and oxygen atoms in total. The second-order valence-electron chi connectivity index (χ2n) is 7.87. The van der Waals surface area contributed by atoms with Gasteiger partial charge in [0, 0.05) is 18.2 Å². The van der Waals surface area contributed by atoms with Gasteiger partial charge in [-0.3, -0.25) is 0 Å². The molecule has 3 aromatic rings. The molecule has 2 aromatic carbocycles. The van der Waals surface area contributed by atoms with E-state index in [0.717, 1.165) is 55.1 Å². The van der Waals surface area contributed by atoms with Crippen molar-refractivity contribution in [2.45, 2.75) is 51.4 Å². The van der Waals surface area contributed by atoms with Crippen LogP contribution >= 0.6 is 0 Å². The number of nitrogens with zero attached hydrogens (tertiary/aromatic N) is 2. The van der Waals surface area contributed by atoms with Crippen LogP contribution in [0.25, 0.3) is 11.3 Å². The Morgan fingerprint density at radius 2 is 1.80 bits per heavy atom. The van der Waals surface area contributed by atoms with E-state index >= 15 is 0 Å². The van der Waals surface area contributed by atoms with Gasteiger partial charge in [-0.15, -0.1) is 0 Å². The first-order valence-corrected chi connectivity index (χ1v) is 10.9. The summed E-state index contributed by atoms with van der Waals surface area (Å²) in [6.07, 6.45) is 8.21. The Hall–Kier alpha value is -2.72. The van der Waals surface area contributed by atoms with Crippen LogP contribution in [-0.2, 0) is 12.8 Å². The molecular formula is C26H33N3O. The molecule has 1 aromatic heterocycles. The number of ether oxygens (including phenoxy) is 1. The molecule has 1 atom stereocenters. The maximum atomic E-state index is 5.63. The third-order valence-corrected chi connectivity index (χ3v) is 5.57. The number of methoxy groups -OCH3 is 1. The third-order valence-electron chi connectivity index (χ3n) is 5.57. The number of unbranched alkanes of at least 4 members (excludes halogenated alkanes) is 1. The molecule has 0 spiro atoms. The van der Waals surface area contributed by atoms with Crippen LogP contribution in [0.1, 0.15) is 55.5 Å². The summed E-state index contributed by atoms with van der Waals surface area (Å²) in [4.78, 5) is 9.32. The molecule has 0 fully saturated rings. The molecule has 1 unspecified atom stereocenters. The van der Waals surface area contributed by atoms with Crippen molar-refractivity contribution in [3.63, 3.8) is 0 Å². The maximum absolute atomic E-state index is 5.63. The summed E-state index contributed by atoms with van der Waals surface area (Å²) in [5, 5.41) is 0. The van der Waals surface area contributed by atoms with Crippen molar-refractivity contribution < 1.29 is 4.74 Å². The Kier molecular flexibility index (Phi) is 8.40. The summed E-state index contributed by atoms with van der Waals surface area (Å²) < 4.78 is 5.22.